The Morgan fingerprint density at radius 2 is 2.08 bits per heavy atom. The van der Waals surface area contributed by atoms with Gasteiger partial charge in [0.1, 0.15) is 5.76 Å². The van der Waals surface area contributed by atoms with Gasteiger partial charge in [-0.05, 0) is 38.8 Å². The van der Waals surface area contributed by atoms with Gasteiger partial charge < -0.3 is 4.74 Å². The lowest BCUT2D eigenvalue weighted by atomic mass is 10.1. The highest BCUT2D eigenvalue weighted by Crippen LogP contribution is 2.20. The third-order valence-electron chi connectivity index (χ3n) is 2.15. The summed E-state index contributed by atoms with van der Waals surface area (Å²) in [5.74, 6) is 0.996. The summed E-state index contributed by atoms with van der Waals surface area (Å²) in [5.41, 5.74) is 2.86. The molecular formula is C12H18O. The topological polar surface area (TPSA) is 9.23 Å². The molecule has 0 N–H and O–H groups in total. The van der Waals surface area contributed by atoms with E-state index in [4.69, 9.17) is 4.74 Å². The van der Waals surface area contributed by atoms with Gasteiger partial charge in [0.05, 0.1) is 6.61 Å². The van der Waals surface area contributed by atoms with Crippen LogP contribution >= 0.6 is 0 Å². The number of allylic oxidation sites excluding steroid dienone is 5. The first-order chi connectivity index (χ1) is 6.26. The van der Waals surface area contributed by atoms with Gasteiger partial charge >= 0.3 is 0 Å². The molecule has 1 rings (SSSR count). The van der Waals surface area contributed by atoms with Gasteiger partial charge in [-0.15, -0.1) is 0 Å². The average molecular weight is 178 g/mol. The third kappa shape index (κ3) is 3.10. The van der Waals surface area contributed by atoms with Crippen molar-refractivity contribution in [3.8, 4) is 0 Å². The quantitative estimate of drug-likeness (QED) is 0.641. The van der Waals surface area contributed by atoms with Crippen LogP contribution in [0.5, 0.6) is 0 Å². The molecule has 13 heavy (non-hydrogen) atoms. The molecule has 0 heterocycles. The fraction of sp³-hybridized carbons (Fsp3) is 0.500. The van der Waals surface area contributed by atoms with Crippen LogP contribution in [-0.2, 0) is 4.74 Å². The Morgan fingerprint density at radius 3 is 2.69 bits per heavy atom. The van der Waals surface area contributed by atoms with Crippen molar-refractivity contribution in [2.45, 2.75) is 33.6 Å². The molecule has 0 bridgehead atoms. The monoisotopic (exact) mass is 178 g/mol. The van der Waals surface area contributed by atoms with Crippen LogP contribution in [0.25, 0.3) is 0 Å². The van der Waals surface area contributed by atoms with Crippen molar-refractivity contribution in [3.63, 3.8) is 0 Å². The Labute approximate surface area is 80.8 Å². The van der Waals surface area contributed by atoms with E-state index in [1.807, 2.05) is 6.92 Å². The molecule has 0 spiro atoms. The summed E-state index contributed by atoms with van der Waals surface area (Å²) in [7, 11) is 0. The minimum Gasteiger partial charge on any atom is -0.494 e. The van der Waals surface area contributed by atoms with Crippen molar-refractivity contribution >= 4 is 0 Å². The normalized spacial score (nSPS) is 17.0. The molecular weight excluding hydrogens is 160 g/mol. The maximum atomic E-state index is 5.48. The van der Waals surface area contributed by atoms with Gasteiger partial charge in [0.2, 0.25) is 0 Å². The predicted octanol–water partition coefficient (Wildman–Crippen LogP) is 3.59. The summed E-state index contributed by atoms with van der Waals surface area (Å²) in [6.45, 7) is 7.11. The molecule has 0 atom stereocenters. The van der Waals surface area contributed by atoms with Crippen LogP contribution in [0.4, 0.5) is 0 Å². The second-order valence-corrected chi connectivity index (χ2v) is 3.35. The first-order valence-electron chi connectivity index (χ1n) is 4.96. The molecule has 0 aromatic rings. The molecule has 0 radical (unpaired) electrons. The summed E-state index contributed by atoms with van der Waals surface area (Å²) in [5, 5.41) is 0. The lowest BCUT2D eigenvalue weighted by molar-refractivity contribution is 0.242. The molecule has 0 aromatic heterocycles. The smallest absolute Gasteiger partial charge is 0.119 e. The van der Waals surface area contributed by atoms with E-state index in [9.17, 15) is 0 Å². The largest absolute Gasteiger partial charge is 0.494 e. The van der Waals surface area contributed by atoms with Crippen molar-refractivity contribution in [1.82, 2.24) is 0 Å². The minimum atomic E-state index is 0.742. The molecule has 0 fully saturated rings. The Hall–Kier alpha value is -0.980. The van der Waals surface area contributed by atoms with Gasteiger partial charge in [-0.2, -0.15) is 0 Å². The molecule has 0 saturated carbocycles. The fourth-order valence-electron chi connectivity index (χ4n) is 1.43. The van der Waals surface area contributed by atoms with Gasteiger partial charge in [0.25, 0.3) is 0 Å². The fourth-order valence-corrected chi connectivity index (χ4v) is 1.43. The zero-order valence-electron chi connectivity index (χ0n) is 8.76. The van der Waals surface area contributed by atoms with Crippen LogP contribution in [0.2, 0.25) is 0 Å². The van der Waals surface area contributed by atoms with Crippen molar-refractivity contribution < 1.29 is 4.74 Å². The van der Waals surface area contributed by atoms with Crippen molar-refractivity contribution in [3.05, 3.63) is 35.1 Å². The second-order valence-electron chi connectivity index (χ2n) is 3.35. The van der Waals surface area contributed by atoms with E-state index in [2.05, 4.69) is 32.1 Å². The molecule has 0 saturated heterocycles. The highest BCUT2D eigenvalue weighted by atomic mass is 16.5. The Morgan fingerprint density at radius 1 is 1.31 bits per heavy atom. The lowest BCUT2D eigenvalue weighted by Crippen LogP contribution is -1.89. The van der Waals surface area contributed by atoms with E-state index in [1.165, 1.54) is 11.1 Å². The van der Waals surface area contributed by atoms with Crippen molar-refractivity contribution in [2.75, 3.05) is 6.61 Å². The van der Waals surface area contributed by atoms with Crippen LogP contribution in [-0.4, -0.2) is 6.61 Å². The van der Waals surface area contributed by atoms with E-state index in [0.717, 1.165) is 25.2 Å². The predicted molar refractivity (Wildman–Crippen MR) is 56.5 cm³/mol. The molecule has 1 nitrogen and oxygen atoms in total. The number of hydrogen-bond acceptors (Lipinski definition) is 1. The van der Waals surface area contributed by atoms with Crippen LogP contribution in [0.15, 0.2) is 35.1 Å². The summed E-state index contributed by atoms with van der Waals surface area (Å²) in [6, 6.07) is 0. The van der Waals surface area contributed by atoms with E-state index >= 15 is 0 Å². The molecule has 1 aliphatic carbocycles. The molecule has 1 heteroatoms. The molecule has 0 aliphatic heterocycles. The first-order valence-corrected chi connectivity index (χ1v) is 4.96. The van der Waals surface area contributed by atoms with Gasteiger partial charge in [-0.3, -0.25) is 0 Å². The van der Waals surface area contributed by atoms with Crippen LogP contribution in [0.3, 0.4) is 0 Å². The highest BCUT2D eigenvalue weighted by molar-refractivity contribution is 5.31. The second kappa shape index (κ2) is 4.90. The maximum absolute atomic E-state index is 5.48. The van der Waals surface area contributed by atoms with E-state index in [1.54, 1.807) is 0 Å². The van der Waals surface area contributed by atoms with E-state index < -0.39 is 0 Å². The van der Waals surface area contributed by atoms with Gasteiger partial charge in [-0.1, -0.05) is 24.1 Å². The van der Waals surface area contributed by atoms with E-state index in [0.29, 0.717) is 0 Å². The van der Waals surface area contributed by atoms with Gasteiger partial charge in [0, 0.05) is 0 Å². The molecule has 1 aliphatic rings. The van der Waals surface area contributed by atoms with Gasteiger partial charge in [0.15, 0.2) is 0 Å². The number of rotatable bonds is 3. The van der Waals surface area contributed by atoms with Crippen molar-refractivity contribution in [1.29, 1.82) is 0 Å². The van der Waals surface area contributed by atoms with Crippen molar-refractivity contribution in [2.24, 2.45) is 0 Å². The molecule has 0 unspecified atom stereocenters. The first kappa shape index (κ1) is 10.1. The maximum Gasteiger partial charge on any atom is 0.119 e. The Bertz CT molecular complexity index is 254. The summed E-state index contributed by atoms with van der Waals surface area (Å²) < 4.78 is 5.48. The highest BCUT2D eigenvalue weighted by Gasteiger charge is 2.02. The summed E-state index contributed by atoms with van der Waals surface area (Å²) in [4.78, 5) is 0. The SMILES string of the molecule is CCOC1=CC=C(C)CC(CC)=C1. The van der Waals surface area contributed by atoms with E-state index in [-0.39, 0.29) is 0 Å². The van der Waals surface area contributed by atoms with Crippen LogP contribution in [0, 0.1) is 0 Å². The van der Waals surface area contributed by atoms with Crippen LogP contribution in [0.1, 0.15) is 33.6 Å². The number of hydrogen-bond donors (Lipinski definition) is 0. The zero-order chi connectivity index (χ0) is 9.68. The third-order valence-corrected chi connectivity index (χ3v) is 2.15. The molecule has 0 amide bonds. The zero-order valence-corrected chi connectivity index (χ0v) is 8.76. The van der Waals surface area contributed by atoms with Gasteiger partial charge in [-0.25, -0.2) is 0 Å². The summed E-state index contributed by atoms with van der Waals surface area (Å²) >= 11 is 0. The molecule has 0 aromatic carbocycles. The Kier molecular flexibility index (Phi) is 3.81. The minimum absolute atomic E-state index is 0.742. The summed E-state index contributed by atoms with van der Waals surface area (Å²) in [6.07, 6.45) is 8.56. The molecule has 72 valence electrons. The standard InChI is InChI=1S/C12H18O/c1-4-11-8-10(3)6-7-12(9-11)13-5-2/h6-7,9H,4-5,8H2,1-3H3. The lowest BCUT2D eigenvalue weighted by Gasteiger charge is -2.04. The Balaban J connectivity index is 2.81. The number of ether oxygens (including phenoxy) is 1. The average Bonchev–Trinajstić information content (AvgIpc) is 2.29. The van der Waals surface area contributed by atoms with Crippen LogP contribution < -0.4 is 0 Å².